The zero-order chi connectivity index (χ0) is 9.80. The van der Waals surface area contributed by atoms with E-state index in [2.05, 4.69) is 17.1 Å². The van der Waals surface area contributed by atoms with Crippen molar-refractivity contribution in [3.05, 3.63) is 0 Å². The fraction of sp³-hybridized carbons (Fsp3) is 1.00. The molecule has 0 bridgehead atoms. The zero-order valence-corrected chi connectivity index (χ0v) is 9.17. The molecule has 0 aromatic heterocycles. The Balaban J connectivity index is 1.83. The van der Waals surface area contributed by atoms with Crippen LogP contribution in [0.2, 0.25) is 0 Å². The lowest BCUT2D eigenvalue weighted by Crippen LogP contribution is -2.49. The molecule has 0 amide bonds. The van der Waals surface area contributed by atoms with Crippen LogP contribution in [0.3, 0.4) is 0 Å². The van der Waals surface area contributed by atoms with Gasteiger partial charge in [-0.05, 0) is 38.9 Å². The van der Waals surface area contributed by atoms with E-state index in [9.17, 15) is 0 Å². The highest BCUT2D eigenvalue weighted by Crippen LogP contribution is 2.21. The molecule has 2 atom stereocenters. The molecule has 1 N–H and O–H groups in total. The second-order valence-electron chi connectivity index (χ2n) is 4.39. The van der Waals surface area contributed by atoms with Crippen LogP contribution in [-0.2, 0) is 4.74 Å². The summed E-state index contributed by atoms with van der Waals surface area (Å²) < 4.78 is 5.77. The molecule has 0 aliphatic carbocycles. The molecule has 0 aromatic rings. The number of rotatable bonds is 2. The van der Waals surface area contributed by atoms with Crippen molar-refractivity contribution in [2.75, 3.05) is 32.8 Å². The van der Waals surface area contributed by atoms with Crippen LogP contribution < -0.4 is 5.32 Å². The second-order valence-corrected chi connectivity index (χ2v) is 4.39. The standard InChI is InChI=1S/C11H22N2O/c1-2-13-7-3-5-10(9-13)11-12-6-4-8-14-11/h10-12H,2-9H2,1H3. The Morgan fingerprint density at radius 2 is 2.36 bits per heavy atom. The fourth-order valence-electron chi connectivity index (χ4n) is 2.51. The van der Waals surface area contributed by atoms with E-state index < -0.39 is 0 Å². The average Bonchev–Trinajstić information content (AvgIpc) is 2.30. The fourth-order valence-corrected chi connectivity index (χ4v) is 2.51. The number of hydrogen-bond donors (Lipinski definition) is 1. The van der Waals surface area contributed by atoms with Gasteiger partial charge in [-0.15, -0.1) is 0 Å². The van der Waals surface area contributed by atoms with Gasteiger partial charge in [0.15, 0.2) is 0 Å². The predicted molar refractivity (Wildman–Crippen MR) is 57.2 cm³/mol. The molecule has 3 heteroatoms. The van der Waals surface area contributed by atoms with E-state index in [4.69, 9.17) is 4.74 Å². The maximum Gasteiger partial charge on any atom is 0.112 e. The first-order chi connectivity index (χ1) is 6.90. The molecular weight excluding hydrogens is 176 g/mol. The third-order valence-corrected chi connectivity index (χ3v) is 3.38. The molecule has 2 unspecified atom stereocenters. The minimum Gasteiger partial charge on any atom is -0.363 e. The van der Waals surface area contributed by atoms with Crippen molar-refractivity contribution >= 4 is 0 Å². The smallest absolute Gasteiger partial charge is 0.112 e. The van der Waals surface area contributed by atoms with Crippen molar-refractivity contribution in [3.8, 4) is 0 Å². The summed E-state index contributed by atoms with van der Waals surface area (Å²) in [5, 5.41) is 3.48. The number of piperidine rings is 1. The van der Waals surface area contributed by atoms with E-state index in [0.29, 0.717) is 12.1 Å². The van der Waals surface area contributed by atoms with Crippen LogP contribution >= 0.6 is 0 Å². The summed E-state index contributed by atoms with van der Waals surface area (Å²) in [4.78, 5) is 2.54. The summed E-state index contributed by atoms with van der Waals surface area (Å²) in [5.41, 5.74) is 0. The third-order valence-electron chi connectivity index (χ3n) is 3.38. The monoisotopic (exact) mass is 198 g/mol. The van der Waals surface area contributed by atoms with Gasteiger partial charge in [0.25, 0.3) is 0 Å². The molecule has 0 saturated carbocycles. The predicted octanol–water partition coefficient (Wildman–Crippen LogP) is 1.05. The van der Waals surface area contributed by atoms with Crippen LogP contribution in [0.5, 0.6) is 0 Å². The van der Waals surface area contributed by atoms with E-state index in [1.165, 1.54) is 38.9 Å². The molecule has 0 spiro atoms. The summed E-state index contributed by atoms with van der Waals surface area (Å²) in [6.07, 6.45) is 4.16. The summed E-state index contributed by atoms with van der Waals surface area (Å²) >= 11 is 0. The first-order valence-electron chi connectivity index (χ1n) is 5.97. The van der Waals surface area contributed by atoms with Crippen LogP contribution in [0.25, 0.3) is 0 Å². The lowest BCUT2D eigenvalue weighted by Gasteiger charge is -2.38. The molecule has 82 valence electrons. The summed E-state index contributed by atoms with van der Waals surface area (Å²) in [5.74, 6) is 0.712. The minimum absolute atomic E-state index is 0.332. The molecule has 2 fully saturated rings. The molecule has 2 aliphatic rings. The number of nitrogens with one attached hydrogen (secondary N) is 1. The van der Waals surface area contributed by atoms with E-state index in [1.54, 1.807) is 0 Å². The SMILES string of the molecule is CCN1CCCC(C2NCCCO2)C1. The highest BCUT2D eigenvalue weighted by molar-refractivity contribution is 4.79. The normalized spacial score (nSPS) is 35.8. The Kier molecular flexibility index (Phi) is 3.79. The highest BCUT2D eigenvalue weighted by Gasteiger charge is 2.28. The van der Waals surface area contributed by atoms with Crippen molar-refractivity contribution in [2.24, 2.45) is 5.92 Å². The molecule has 2 heterocycles. The van der Waals surface area contributed by atoms with Gasteiger partial charge in [0.05, 0.1) is 0 Å². The summed E-state index contributed by atoms with van der Waals surface area (Å²) in [7, 11) is 0. The van der Waals surface area contributed by atoms with Crippen LogP contribution in [0.15, 0.2) is 0 Å². The quantitative estimate of drug-likeness (QED) is 0.718. The Labute approximate surface area is 86.8 Å². The van der Waals surface area contributed by atoms with Crippen LogP contribution in [0.4, 0.5) is 0 Å². The van der Waals surface area contributed by atoms with Gasteiger partial charge in [0.2, 0.25) is 0 Å². The van der Waals surface area contributed by atoms with Gasteiger partial charge in [0, 0.05) is 19.1 Å². The van der Waals surface area contributed by atoms with Crippen molar-refractivity contribution < 1.29 is 4.74 Å². The molecule has 14 heavy (non-hydrogen) atoms. The van der Waals surface area contributed by atoms with Gasteiger partial charge in [0.1, 0.15) is 6.23 Å². The van der Waals surface area contributed by atoms with Crippen LogP contribution in [0, 0.1) is 5.92 Å². The van der Waals surface area contributed by atoms with Crippen molar-refractivity contribution in [2.45, 2.75) is 32.4 Å². The van der Waals surface area contributed by atoms with Crippen LogP contribution in [-0.4, -0.2) is 43.9 Å². The molecule has 2 aliphatic heterocycles. The Morgan fingerprint density at radius 3 is 3.07 bits per heavy atom. The lowest BCUT2D eigenvalue weighted by molar-refractivity contribution is -0.0542. The molecular formula is C11H22N2O. The average molecular weight is 198 g/mol. The first-order valence-corrected chi connectivity index (χ1v) is 5.97. The van der Waals surface area contributed by atoms with E-state index in [-0.39, 0.29) is 0 Å². The Hall–Kier alpha value is -0.120. The summed E-state index contributed by atoms with van der Waals surface area (Å²) in [6.45, 7) is 8.00. The van der Waals surface area contributed by atoms with E-state index >= 15 is 0 Å². The van der Waals surface area contributed by atoms with Gasteiger partial charge in [-0.3, -0.25) is 5.32 Å². The van der Waals surface area contributed by atoms with E-state index in [1.807, 2.05) is 0 Å². The van der Waals surface area contributed by atoms with Gasteiger partial charge >= 0.3 is 0 Å². The zero-order valence-electron chi connectivity index (χ0n) is 9.17. The highest BCUT2D eigenvalue weighted by atomic mass is 16.5. The number of ether oxygens (including phenoxy) is 1. The second kappa shape index (κ2) is 5.10. The molecule has 2 rings (SSSR count). The van der Waals surface area contributed by atoms with Crippen molar-refractivity contribution in [1.29, 1.82) is 0 Å². The minimum atomic E-state index is 0.332. The van der Waals surface area contributed by atoms with Crippen LogP contribution in [0.1, 0.15) is 26.2 Å². The molecule has 0 aromatic carbocycles. The maximum absolute atomic E-state index is 5.77. The number of likely N-dealkylation sites (tertiary alicyclic amines) is 1. The van der Waals surface area contributed by atoms with E-state index in [0.717, 1.165) is 13.2 Å². The third kappa shape index (κ3) is 2.47. The topological polar surface area (TPSA) is 24.5 Å². The largest absolute Gasteiger partial charge is 0.363 e. The van der Waals surface area contributed by atoms with Gasteiger partial charge < -0.3 is 9.64 Å². The van der Waals surface area contributed by atoms with Gasteiger partial charge in [-0.2, -0.15) is 0 Å². The molecule has 0 radical (unpaired) electrons. The molecule has 2 saturated heterocycles. The van der Waals surface area contributed by atoms with Gasteiger partial charge in [-0.1, -0.05) is 6.92 Å². The number of nitrogens with zero attached hydrogens (tertiary/aromatic N) is 1. The van der Waals surface area contributed by atoms with Gasteiger partial charge in [-0.25, -0.2) is 0 Å². The number of hydrogen-bond acceptors (Lipinski definition) is 3. The Morgan fingerprint density at radius 1 is 1.43 bits per heavy atom. The first kappa shape index (κ1) is 10.4. The maximum atomic E-state index is 5.77. The summed E-state index contributed by atoms with van der Waals surface area (Å²) in [6, 6.07) is 0. The lowest BCUT2D eigenvalue weighted by atomic mass is 9.95. The van der Waals surface area contributed by atoms with Crippen molar-refractivity contribution in [1.82, 2.24) is 10.2 Å². The Bertz CT molecular complexity index is 169. The molecule has 3 nitrogen and oxygen atoms in total. The van der Waals surface area contributed by atoms with Crippen molar-refractivity contribution in [3.63, 3.8) is 0 Å².